The van der Waals surface area contributed by atoms with Crippen molar-refractivity contribution in [3.63, 3.8) is 0 Å². The van der Waals surface area contributed by atoms with E-state index in [1.54, 1.807) is 19.9 Å². The fourth-order valence-electron chi connectivity index (χ4n) is 1.51. The highest BCUT2D eigenvalue weighted by molar-refractivity contribution is 5.89. The van der Waals surface area contributed by atoms with Crippen molar-refractivity contribution in [3.8, 4) is 0 Å². The molecule has 0 saturated carbocycles. The monoisotopic (exact) mass is 268 g/mol. The summed E-state index contributed by atoms with van der Waals surface area (Å²) in [5.74, 6) is -1.45. The van der Waals surface area contributed by atoms with Crippen LogP contribution in [0.5, 0.6) is 0 Å². The first-order valence-corrected chi connectivity index (χ1v) is 5.86. The van der Waals surface area contributed by atoms with E-state index in [-0.39, 0.29) is 18.5 Å². The van der Waals surface area contributed by atoms with Gasteiger partial charge < -0.3 is 15.7 Å². The average molecular weight is 268 g/mol. The van der Waals surface area contributed by atoms with Crippen LogP contribution in [0.1, 0.15) is 26.7 Å². The Hall–Kier alpha value is -2.11. The number of anilines is 1. The molecule has 3 N–H and O–H groups in total. The quantitative estimate of drug-likeness (QED) is 0.768. The second-order valence-corrected chi connectivity index (χ2v) is 4.84. The minimum atomic E-state index is -0.926. The summed E-state index contributed by atoms with van der Waals surface area (Å²) in [6.45, 7) is 3.41. The van der Waals surface area contributed by atoms with Crippen LogP contribution in [0.15, 0.2) is 24.3 Å². The van der Waals surface area contributed by atoms with E-state index in [2.05, 4.69) is 10.6 Å². The maximum atomic E-state index is 13.3. The van der Waals surface area contributed by atoms with E-state index in [9.17, 15) is 14.0 Å². The third-order valence-corrected chi connectivity index (χ3v) is 2.54. The number of hydrogen-bond donors (Lipinski definition) is 3. The Morgan fingerprint density at radius 2 is 1.95 bits per heavy atom. The van der Waals surface area contributed by atoms with Crippen molar-refractivity contribution in [2.45, 2.75) is 32.2 Å². The molecule has 0 fully saturated rings. The van der Waals surface area contributed by atoms with Crippen molar-refractivity contribution in [3.05, 3.63) is 30.1 Å². The number of para-hydroxylation sites is 1. The van der Waals surface area contributed by atoms with Crippen LogP contribution in [0.2, 0.25) is 0 Å². The van der Waals surface area contributed by atoms with Crippen LogP contribution >= 0.6 is 0 Å². The largest absolute Gasteiger partial charge is 0.481 e. The molecule has 19 heavy (non-hydrogen) atoms. The van der Waals surface area contributed by atoms with Gasteiger partial charge in [0.1, 0.15) is 5.82 Å². The molecule has 2 amide bonds. The maximum absolute atomic E-state index is 13.3. The number of amides is 2. The summed E-state index contributed by atoms with van der Waals surface area (Å²) in [6, 6.07) is 5.24. The van der Waals surface area contributed by atoms with Crippen molar-refractivity contribution < 1.29 is 19.1 Å². The summed E-state index contributed by atoms with van der Waals surface area (Å²) in [5, 5.41) is 13.6. The van der Waals surface area contributed by atoms with Crippen LogP contribution in [0.3, 0.4) is 0 Å². The Labute approximate surface area is 110 Å². The highest BCUT2D eigenvalue weighted by Crippen LogP contribution is 2.14. The predicted octanol–water partition coefficient (Wildman–Crippen LogP) is 2.59. The van der Waals surface area contributed by atoms with Crippen molar-refractivity contribution in [2.75, 3.05) is 5.32 Å². The lowest BCUT2D eigenvalue weighted by Gasteiger charge is -2.25. The number of hydrogen-bond acceptors (Lipinski definition) is 2. The third kappa shape index (κ3) is 5.37. The van der Waals surface area contributed by atoms with Gasteiger partial charge >= 0.3 is 12.0 Å². The average Bonchev–Trinajstić information content (AvgIpc) is 2.29. The number of aliphatic carboxylic acids is 1. The minimum absolute atomic E-state index is 0.0486. The molecule has 0 aliphatic rings. The molecule has 0 bridgehead atoms. The Bertz CT molecular complexity index is 475. The predicted molar refractivity (Wildman–Crippen MR) is 69.5 cm³/mol. The van der Waals surface area contributed by atoms with Gasteiger partial charge in [0.25, 0.3) is 0 Å². The van der Waals surface area contributed by atoms with Gasteiger partial charge in [-0.3, -0.25) is 4.79 Å². The molecule has 0 heterocycles. The maximum Gasteiger partial charge on any atom is 0.319 e. The fraction of sp³-hybridized carbons (Fsp3) is 0.385. The highest BCUT2D eigenvalue weighted by Gasteiger charge is 2.21. The van der Waals surface area contributed by atoms with Gasteiger partial charge in [-0.15, -0.1) is 0 Å². The molecule has 1 rings (SSSR count). The Kier molecular flexibility index (Phi) is 4.86. The zero-order chi connectivity index (χ0) is 14.5. The van der Waals surface area contributed by atoms with Crippen LogP contribution in [0.25, 0.3) is 0 Å². The zero-order valence-corrected chi connectivity index (χ0v) is 10.9. The van der Waals surface area contributed by atoms with Gasteiger partial charge in [-0.05, 0) is 32.4 Å². The topological polar surface area (TPSA) is 78.4 Å². The molecular formula is C13H17FN2O3. The van der Waals surface area contributed by atoms with E-state index in [0.29, 0.717) is 0 Å². The van der Waals surface area contributed by atoms with Crippen molar-refractivity contribution in [1.82, 2.24) is 5.32 Å². The molecule has 1 aromatic carbocycles. The number of urea groups is 1. The molecule has 5 nitrogen and oxygen atoms in total. The van der Waals surface area contributed by atoms with Crippen LogP contribution in [0.4, 0.5) is 14.9 Å². The van der Waals surface area contributed by atoms with Gasteiger partial charge in [0.05, 0.1) is 5.69 Å². The van der Waals surface area contributed by atoms with Gasteiger partial charge in [-0.25, -0.2) is 9.18 Å². The molecule has 0 radical (unpaired) electrons. The van der Waals surface area contributed by atoms with Crippen molar-refractivity contribution >= 4 is 17.7 Å². The van der Waals surface area contributed by atoms with Crippen LogP contribution < -0.4 is 10.6 Å². The van der Waals surface area contributed by atoms with Crippen LogP contribution in [-0.4, -0.2) is 22.6 Å². The van der Waals surface area contributed by atoms with Crippen LogP contribution in [0, 0.1) is 5.82 Å². The lowest BCUT2D eigenvalue weighted by molar-refractivity contribution is -0.137. The molecule has 0 atom stereocenters. The van der Waals surface area contributed by atoms with Gasteiger partial charge in [0, 0.05) is 12.0 Å². The van der Waals surface area contributed by atoms with Gasteiger partial charge in [0.2, 0.25) is 0 Å². The lowest BCUT2D eigenvalue weighted by Crippen LogP contribution is -2.45. The molecule has 0 aliphatic carbocycles. The normalized spacial score (nSPS) is 10.9. The summed E-state index contributed by atoms with van der Waals surface area (Å²) in [5.41, 5.74) is -0.609. The van der Waals surface area contributed by atoms with Gasteiger partial charge in [-0.2, -0.15) is 0 Å². The SMILES string of the molecule is CC(C)(CCC(=O)O)NC(=O)Nc1ccccc1F. The first-order valence-electron chi connectivity index (χ1n) is 5.86. The molecule has 104 valence electrons. The summed E-state index contributed by atoms with van der Waals surface area (Å²) in [4.78, 5) is 22.2. The second-order valence-electron chi connectivity index (χ2n) is 4.84. The summed E-state index contributed by atoms with van der Waals surface area (Å²) >= 11 is 0. The van der Waals surface area contributed by atoms with Crippen molar-refractivity contribution in [2.24, 2.45) is 0 Å². The van der Waals surface area contributed by atoms with E-state index in [0.717, 1.165) is 0 Å². The summed E-state index contributed by atoms with van der Waals surface area (Å²) in [6.07, 6.45) is 0.236. The third-order valence-electron chi connectivity index (χ3n) is 2.54. The lowest BCUT2D eigenvalue weighted by atomic mass is 9.99. The van der Waals surface area contributed by atoms with E-state index in [1.807, 2.05) is 0 Å². The number of carbonyl (C=O) groups excluding carboxylic acids is 1. The van der Waals surface area contributed by atoms with E-state index < -0.39 is 23.4 Å². The fourth-order valence-corrected chi connectivity index (χ4v) is 1.51. The van der Waals surface area contributed by atoms with Gasteiger partial charge in [-0.1, -0.05) is 12.1 Å². The summed E-state index contributed by atoms with van der Waals surface area (Å²) < 4.78 is 13.3. The first kappa shape index (κ1) is 14.9. The number of nitrogens with one attached hydrogen (secondary N) is 2. The minimum Gasteiger partial charge on any atom is -0.481 e. The van der Waals surface area contributed by atoms with Crippen molar-refractivity contribution in [1.29, 1.82) is 0 Å². The highest BCUT2D eigenvalue weighted by atomic mass is 19.1. The molecule has 0 aromatic heterocycles. The molecule has 0 saturated heterocycles. The first-order chi connectivity index (χ1) is 8.80. The number of rotatable bonds is 5. The summed E-state index contributed by atoms with van der Waals surface area (Å²) in [7, 11) is 0. The standard InChI is InChI=1S/C13H17FN2O3/c1-13(2,8-7-11(17)18)16-12(19)15-10-6-4-3-5-9(10)14/h3-6H,7-8H2,1-2H3,(H,17,18)(H2,15,16,19). The number of carbonyl (C=O) groups is 2. The number of benzene rings is 1. The Balaban J connectivity index is 2.55. The van der Waals surface area contributed by atoms with E-state index >= 15 is 0 Å². The Morgan fingerprint density at radius 3 is 2.53 bits per heavy atom. The molecule has 1 aromatic rings. The number of halogens is 1. The van der Waals surface area contributed by atoms with Crippen LogP contribution in [-0.2, 0) is 4.79 Å². The Morgan fingerprint density at radius 1 is 1.32 bits per heavy atom. The molecule has 0 spiro atoms. The van der Waals surface area contributed by atoms with E-state index in [1.165, 1.54) is 18.2 Å². The number of carboxylic acid groups (broad SMARTS) is 1. The van der Waals surface area contributed by atoms with Gasteiger partial charge in [0.15, 0.2) is 0 Å². The zero-order valence-electron chi connectivity index (χ0n) is 10.9. The molecule has 0 unspecified atom stereocenters. The molecule has 6 heteroatoms. The molecular weight excluding hydrogens is 251 g/mol. The number of carboxylic acids is 1. The van der Waals surface area contributed by atoms with E-state index in [4.69, 9.17) is 5.11 Å². The smallest absolute Gasteiger partial charge is 0.319 e. The second kappa shape index (κ2) is 6.17. The molecule has 0 aliphatic heterocycles.